The van der Waals surface area contributed by atoms with Gasteiger partial charge in [-0.05, 0) is 31.4 Å². The van der Waals surface area contributed by atoms with Crippen molar-refractivity contribution in [2.45, 2.75) is 55.4 Å². The summed E-state index contributed by atoms with van der Waals surface area (Å²) >= 11 is 0. The molecule has 0 spiro atoms. The maximum atomic E-state index is 12.7. The summed E-state index contributed by atoms with van der Waals surface area (Å²) in [5.41, 5.74) is -0.308. The van der Waals surface area contributed by atoms with Crippen molar-refractivity contribution in [1.29, 1.82) is 0 Å². The zero-order chi connectivity index (χ0) is 20.9. The number of hydrogen-bond acceptors (Lipinski definition) is 3. The molecule has 14 heteroatoms. The molecular weight excluding hydrogens is 361 g/mol. The van der Waals surface area contributed by atoms with Gasteiger partial charge >= 0.3 is 18.4 Å². The molecule has 1 heterocycles. The van der Waals surface area contributed by atoms with Crippen LogP contribution in [0.1, 0.15) is 20.8 Å². The maximum absolute atomic E-state index is 12.7. The van der Waals surface area contributed by atoms with E-state index in [1.165, 1.54) is 0 Å². The molecule has 1 rings (SSSR count). The van der Waals surface area contributed by atoms with E-state index in [1.807, 2.05) is 20.8 Å². The Morgan fingerprint density at radius 2 is 1.35 bits per heavy atom. The second-order valence-electron chi connectivity index (χ2n) is 8.82. The Bertz CT molecular complexity index is 533. The summed E-state index contributed by atoms with van der Waals surface area (Å²) in [6, 6.07) is 0. The lowest BCUT2D eigenvalue weighted by atomic mass is 9.51. The van der Waals surface area contributed by atoms with E-state index in [0.29, 0.717) is 0 Å². The van der Waals surface area contributed by atoms with Crippen molar-refractivity contribution in [2.24, 2.45) is 0 Å². The number of alkyl halides is 6. The first-order valence-corrected chi connectivity index (χ1v) is 8.09. The molecule has 1 saturated heterocycles. The monoisotopic (exact) mass is 384 g/mol. The van der Waals surface area contributed by atoms with Crippen molar-refractivity contribution in [3.8, 4) is 0 Å². The molecule has 1 aliphatic rings. The zero-order valence-corrected chi connectivity index (χ0v) is 16.0. The normalized spacial score (nSPS) is 21.7. The highest BCUT2D eigenvalue weighted by Gasteiger charge is 2.61. The first-order chi connectivity index (χ1) is 11.2. The predicted molar refractivity (Wildman–Crippen MR) is 95.2 cm³/mol. The number of nitrogens with zero attached hydrogens (tertiary/aromatic N) is 2. The third-order valence-electron chi connectivity index (χ3n) is 4.39. The van der Waals surface area contributed by atoms with E-state index in [2.05, 4.69) is 9.64 Å². The topological polar surface area (TPSA) is 32.8 Å². The van der Waals surface area contributed by atoms with Gasteiger partial charge in [0.2, 0.25) is 0 Å². The highest BCUT2D eigenvalue weighted by Crippen LogP contribution is 2.37. The molecule has 0 unspecified atom stereocenters. The van der Waals surface area contributed by atoms with Gasteiger partial charge in [0.1, 0.15) is 31.4 Å². The summed E-state index contributed by atoms with van der Waals surface area (Å²) in [6.07, 6.45) is -17.2. The van der Waals surface area contributed by atoms with Crippen LogP contribution in [0.4, 0.5) is 31.1 Å². The summed E-state index contributed by atoms with van der Waals surface area (Å²) in [7, 11) is 6.72. The molecule has 0 atom stereocenters. The Morgan fingerprint density at radius 1 is 0.923 bits per heavy atom. The SMILES string of the molecule is BC1(B)CN(C(C)(C)C)C(B)(B)CN1C(=O)OC(C(F)(F)F)C(F)(F)F. The van der Waals surface area contributed by atoms with Gasteiger partial charge in [-0.3, -0.25) is 0 Å². The largest absolute Gasteiger partial charge is 0.434 e. The third-order valence-corrected chi connectivity index (χ3v) is 4.39. The minimum absolute atomic E-state index is 0.0709. The van der Waals surface area contributed by atoms with Crippen LogP contribution in [0.15, 0.2) is 0 Å². The Kier molecular flexibility index (Phi) is 5.86. The molecule has 0 saturated carbocycles. The lowest BCUT2D eigenvalue weighted by Crippen LogP contribution is -2.76. The molecule has 0 bridgehead atoms. The van der Waals surface area contributed by atoms with Gasteiger partial charge in [0.25, 0.3) is 6.10 Å². The Hall–Kier alpha value is -0.930. The number of piperazine rings is 1. The average molecular weight is 384 g/mol. The maximum Gasteiger partial charge on any atom is 0.434 e. The number of ether oxygens (including phenoxy) is 1. The van der Waals surface area contributed by atoms with Crippen molar-refractivity contribution < 1.29 is 35.9 Å². The smallest absolute Gasteiger partial charge is 0.426 e. The number of carbonyl (C=O) groups is 1. The average Bonchev–Trinajstić information content (AvgIpc) is 2.34. The van der Waals surface area contributed by atoms with Crippen LogP contribution in [0.25, 0.3) is 0 Å². The van der Waals surface area contributed by atoms with Crippen LogP contribution in [0.5, 0.6) is 0 Å². The fourth-order valence-electron chi connectivity index (χ4n) is 3.31. The van der Waals surface area contributed by atoms with Gasteiger partial charge in [-0.1, -0.05) is 0 Å². The lowest BCUT2D eigenvalue weighted by molar-refractivity contribution is -0.308. The van der Waals surface area contributed by atoms with Gasteiger partial charge < -0.3 is 14.5 Å². The molecule has 0 aliphatic carbocycles. The molecule has 0 radical (unpaired) electrons. The van der Waals surface area contributed by atoms with E-state index in [0.717, 1.165) is 4.90 Å². The predicted octanol–water partition coefficient (Wildman–Crippen LogP) is -1.13. The zero-order valence-electron chi connectivity index (χ0n) is 16.0. The van der Waals surface area contributed by atoms with Crippen molar-refractivity contribution in [3.63, 3.8) is 0 Å². The highest BCUT2D eigenvalue weighted by molar-refractivity contribution is 6.43. The first-order valence-electron chi connectivity index (χ1n) is 8.09. The molecule has 1 aliphatic heterocycles. The summed E-state index contributed by atoms with van der Waals surface area (Å²) in [5, 5.41) is -1.68. The summed E-state index contributed by atoms with van der Waals surface area (Å²) in [6.45, 7) is 6.03. The number of halogens is 6. The molecule has 4 nitrogen and oxygen atoms in total. The molecule has 0 aromatic heterocycles. The van der Waals surface area contributed by atoms with Crippen molar-refractivity contribution >= 4 is 37.5 Å². The van der Waals surface area contributed by atoms with Crippen LogP contribution in [-0.2, 0) is 4.74 Å². The van der Waals surface area contributed by atoms with Gasteiger partial charge in [-0.25, -0.2) is 4.79 Å². The number of carbonyl (C=O) groups excluding carboxylic acids is 1. The Morgan fingerprint density at radius 3 is 1.69 bits per heavy atom. The minimum atomic E-state index is -5.74. The van der Waals surface area contributed by atoms with E-state index in [9.17, 15) is 31.1 Å². The number of amides is 1. The van der Waals surface area contributed by atoms with Crippen LogP contribution in [0, 0.1) is 0 Å². The van der Waals surface area contributed by atoms with Gasteiger partial charge in [0.05, 0.1) is 0 Å². The van der Waals surface area contributed by atoms with Crippen LogP contribution >= 0.6 is 0 Å². The van der Waals surface area contributed by atoms with Gasteiger partial charge in [0.15, 0.2) is 0 Å². The molecule has 0 N–H and O–H groups in total. The number of hydrogen-bond donors (Lipinski definition) is 0. The van der Waals surface area contributed by atoms with Crippen molar-refractivity contribution in [2.75, 3.05) is 13.1 Å². The molecule has 1 fully saturated rings. The van der Waals surface area contributed by atoms with E-state index in [1.54, 1.807) is 31.4 Å². The summed E-state index contributed by atoms with van der Waals surface area (Å²) < 4.78 is 80.0. The second-order valence-corrected chi connectivity index (χ2v) is 8.82. The standard InChI is InChI=1S/C12H22B4F6N2O2/c1-8(2,3)24-5-9(13,14)23(4-10(24,15)16)7(25)26-6(11(17,18)19)12(20,21)22/h6H,4-5,13-16H2,1-3H3. The molecule has 1 amide bonds. The summed E-state index contributed by atoms with van der Waals surface area (Å²) in [4.78, 5) is 15.3. The molecule has 0 aromatic carbocycles. The van der Waals surface area contributed by atoms with Gasteiger partial charge in [-0.2, -0.15) is 26.3 Å². The third kappa shape index (κ3) is 5.07. The van der Waals surface area contributed by atoms with E-state index >= 15 is 0 Å². The molecule has 146 valence electrons. The fourth-order valence-corrected chi connectivity index (χ4v) is 3.31. The van der Waals surface area contributed by atoms with Crippen LogP contribution in [-0.4, -0.2) is 95.0 Å². The van der Waals surface area contributed by atoms with Crippen LogP contribution < -0.4 is 0 Å². The highest BCUT2D eigenvalue weighted by atomic mass is 19.4. The van der Waals surface area contributed by atoms with Crippen molar-refractivity contribution in [3.05, 3.63) is 0 Å². The molecule has 26 heavy (non-hydrogen) atoms. The van der Waals surface area contributed by atoms with E-state index in [-0.39, 0.29) is 18.6 Å². The second kappa shape index (κ2) is 6.60. The molecule has 0 aromatic rings. The lowest BCUT2D eigenvalue weighted by Gasteiger charge is -2.59. The Labute approximate surface area is 152 Å². The van der Waals surface area contributed by atoms with Crippen molar-refractivity contribution in [1.82, 2.24) is 9.80 Å². The first kappa shape index (κ1) is 23.1. The minimum Gasteiger partial charge on any atom is -0.426 e. The van der Waals surface area contributed by atoms with Crippen LogP contribution in [0.2, 0.25) is 0 Å². The van der Waals surface area contributed by atoms with Gasteiger partial charge in [0, 0.05) is 18.6 Å². The summed E-state index contributed by atoms with van der Waals surface area (Å²) in [5.74, 6) is 0. The molecular formula is C12H22B4F6N2O2. The quantitative estimate of drug-likeness (QED) is 0.425. The fraction of sp³-hybridized carbons (Fsp3) is 0.917. The van der Waals surface area contributed by atoms with Crippen LogP contribution in [0.3, 0.4) is 0 Å². The van der Waals surface area contributed by atoms with E-state index in [4.69, 9.17) is 0 Å². The van der Waals surface area contributed by atoms with Gasteiger partial charge in [-0.15, -0.1) is 0 Å². The Balaban J connectivity index is 3.13. The number of rotatable bonds is 1. The van der Waals surface area contributed by atoms with E-state index < -0.39 is 35.2 Å².